The Morgan fingerprint density at radius 3 is 3.00 bits per heavy atom. The molecule has 1 aliphatic heterocycles. The lowest BCUT2D eigenvalue weighted by molar-refractivity contribution is 0.110. The zero-order chi connectivity index (χ0) is 13.7. The molecule has 1 aliphatic carbocycles. The number of nitrogens with one attached hydrogen (secondary N) is 1. The van der Waals surface area contributed by atoms with Gasteiger partial charge in [0.25, 0.3) is 0 Å². The fraction of sp³-hybridized carbons (Fsp3) is 0.400. The van der Waals surface area contributed by atoms with Gasteiger partial charge in [0.1, 0.15) is 5.82 Å². The van der Waals surface area contributed by atoms with Crippen molar-refractivity contribution in [3.8, 4) is 0 Å². The number of pyridine rings is 1. The van der Waals surface area contributed by atoms with E-state index in [9.17, 15) is 4.39 Å². The molecule has 1 N–H and O–H groups in total. The Balaban J connectivity index is 2.01. The molecule has 2 aromatic rings. The van der Waals surface area contributed by atoms with Crippen molar-refractivity contribution in [3.63, 3.8) is 0 Å². The summed E-state index contributed by atoms with van der Waals surface area (Å²) >= 11 is 6.17. The number of rotatable bonds is 2. The summed E-state index contributed by atoms with van der Waals surface area (Å²) in [6.07, 6.45) is 3.09. The highest BCUT2D eigenvalue weighted by molar-refractivity contribution is 6.35. The standard InChI is InChI=1S/C15H14ClFN2O/c16-12-6-8(17)5-10-14(18-9-1-2-9)11-7-20-4-3-13(11)19-15(10)12/h5-6,9H,1-4,7H2,(H,18,19). The maximum atomic E-state index is 13.7. The van der Waals surface area contributed by atoms with Crippen LogP contribution in [0.2, 0.25) is 5.02 Å². The summed E-state index contributed by atoms with van der Waals surface area (Å²) in [6.45, 7) is 1.20. The molecular formula is C15H14ClFN2O. The van der Waals surface area contributed by atoms with Gasteiger partial charge >= 0.3 is 0 Å². The molecule has 5 heteroatoms. The first-order valence-corrected chi connectivity index (χ1v) is 7.25. The van der Waals surface area contributed by atoms with E-state index in [2.05, 4.69) is 10.3 Å². The highest BCUT2D eigenvalue weighted by Crippen LogP contribution is 2.37. The van der Waals surface area contributed by atoms with Gasteiger partial charge in [-0.25, -0.2) is 4.39 Å². The normalized spacial score (nSPS) is 18.1. The SMILES string of the molecule is Fc1cc(Cl)c2nc3c(c(NC4CC4)c2c1)COCC3. The lowest BCUT2D eigenvalue weighted by Crippen LogP contribution is -2.16. The molecule has 20 heavy (non-hydrogen) atoms. The predicted octanol–water partition coefficient (Wildman–Crippen LogP) is 3.67. The Morgan fingerprint density at radius 2 is 2.20 bits per heavy atom. The van der Waals surface area contributed by atoms with Crippen molar-refractivity contribution in [3.05, 3.63) is 34.2 Å². The second-order valence-electron chi connectivity index (χ2n) is 5.42. The van der Waals surface area contributed by atoms with E-state index < -0.39 is 0 Å². The molecule has 0 saturated heterocycles. The first-order chi connectivity index (χ1) is 9.72. The smallest absolute Gasteiger partial charge is 0.125 e. The minimum atomic E-state index is -0.333. The number of benzene rings is 1. The quantitative estimate of drug-likeness (QED) is 0.917. The molecule has 4 rings (SSSR count). The van der Waals surface area contributed by atoms with Crippen LogP contribution >= 0.6 is 11.6 Å². The molecule has 104 valence electrons. The van der Waals surface area contributed by atoms with Crippen LogP contribution in [0.25, 0.3) is 10.9 Å². The third kappa shape index (κ3) is 2.03. The van der Waals surface area contributed by atoms with Gasteiger partial charge in [-0.3, -0.25) is 4.98 Å². The zero-order valence-corrected chi connectivity index (χ0v) is 11.6. The molecule has 0 atom stereocenters. The highest BCUT2D eigenvalue weighted by Gasteiger charge is 2.26. The first-order valence-electron chi connectivity index (χ1n) is 6.87. The minimum Gasteiger partial charge on any atom is -0.381 e. The van der Waals surface area contributed by atoms with Gasteiger partial charge in [0.2, 0.25) is 0 Å². The van der Waals surface area contributed by atoms with Crippen LogP contribution in [0.4, 0.5) is 10.1 Å². The summed E-state index contributed by atoms with van der Waals surface area (Å²) in [6, 6.07) is 3.31. The predicted molar refractivity (Wildman–Crippen MR) is 76.7 cm³/mol. The maximum absolute atomic E-state index is 13.7. The molecule has 3 nitrogen and oxygen atoms in total. The van der Waals surface area contributed by atoms with Gasteiger partial charge in [0.15, 0.2) is 0 Å². The lowest BCUT2D eigenvalue weighted by Gasteiger charge is -2.22. The number of halogens is 2. The molecule has 2 aliphatic rings. The summed E-state index contributed by atoms with van der Waals surface area (Å²) in [7, 11) is 0. The monoisotopic (exact) mass is 292 g/mol. The van der Waals surface area contributed by atoms with Crippen molar-refractivity contribution in [1.29, 1.82) is 0 Å². The van der Waals surface area contributed by atoms with Crippen molar-refractivity contribution >= 4 is 28.2 Å². The molecular weight excluding hydrogens is 279 g/mol. The number of aromatic nitrogens is 1. The van der Waals surface area contributed by atoms with E-state index in [0.717, 1.165) is 41.6 Å². The van der Waals surface area contributed by atoms with E-state index in [-0.39, 0.29) is 5.82 Å². The zero-order valence-electron chi connectivity index (χ0n) is 10.9. The largest absolute Gasteiger partial charge is 0.381 e. The van der Waals surface area contributed by atoms with E-state index in [1.807, 2.05) is 0 Å². The van der Waals surface area contributed by atoms with Crippen molar-refractivity contribution in [2.75, 3.05) is 11.9 Å². The third-order valence-electron chi connectivity index (χ3n) is 3.85. The fourth-order valence-corrected chi connectivity index (χ4v) is 2.93. The molecule has 0 unspecified atom stereocenters. The molecule has 0 spiro atoms. The van der Waals surface area contributed by atoms with Gasteiger partial charge in [-0.2, -0.15) is 0 Å². The van der Waals surface area contributed by atoms with Gasteiger partial charge in [0, 0.05) is 23.4 Å². The summed E-state index contributed by atoms with van der Waals surface area (Å²) < 4.78 is 19.2. The number of nitrogens with zero attached hydrogens (tertiary/aromatic N) is 1. The third-order valence-corrected chi connectivity index (χ3v) is 4.14. The summed E-state index contributed by atoms with van der Waals surface area (Å²) in [5.41, 5.74) is 3.70. The Labute approximate surface area is 121 Å². The van der Waals surface area contributed by atoms with Crippen LogP contribution in [0.5, 0.6) is 0 Å². The summed E-state index contributed by atoms with van der Waals surface area (Å²) in [4.78, 5) is 4.63. The van der Waals surface area contributed by atoms with E-state index in [0.29, 0.717) is 29.8 Å². The molecule has 1 saturated carbocycles. The van der Waals surface area contributed by atoms with Crippen LogP contribution < -0.4 is 5.32 Å². The maximum Gasteiger partial charge on any atom is 0.125 e. The molecule has 1 aromatic heterocycles. The number of anilines is 1. The van der Waals surface area contributed by atoms with Gasteiger partial charge in [-0.15, -0.1) is 0 Å². The number of fused-ring (bicyclic) bond motifs is 2. The molecule has 0 amide bonds. The van der Waals surface area contributed by atoms with Gasteiger partial charge in [-0.1, -0.05) is 11.6 Å². The second-order valence-corrected chi connectivity index (χ2v) is 5.82. The van der Waals surface area contributed by atoms with Crippen LogP contribution in [-0.2, 0) is 17.8 Å². The van der Waals surface area contributed by atoms with Gasteiger partial charge < -0.3 is 10.1 Å². The van der Waals surface area contributed by atoms with E-state index in [1.54, 1.807) is 0 Å². The Morgan fingerprint density at radius 1 is 1.35 bits per heavy atom. The average Bonchev–Trinajstić information content (AvgIpc) is 3.24. The number of hydrogen-bond donors (Lipinski definition) is 1. The van der Waals surface area contributed by atoms with Crippen LogP contribution in [0.3, 0.4) is 0 Å². The molecule has 2 heterocycles. The molecule has 1 aromatic carbocycles. The van der Waals surface area contributed by atoms with Crippen LogP contribution in [-0.4, -0.2) is 17.6 Å². The van der Waals surface area contributed by atoms with Crippen molar-refractivity contribution in [1.82, 2.24) is 4.98 Å². The summed E-state index contributed by atoms with van der Waals surface area (Å²) in [5.74, 6) is -0.333. The number of hydrogen-bond acceptors (Lipinski definition) is 3. The average molecular weight is 293 g/mol. The van der Waals surface area contributed by atoms with Gasteiger partial charge in [-0.05, 0) is 25.0 Å². The van der Waals surface area contributed by atoms with Crippen LogP contribution in [0.1, 0.15) is 24.1 Å². The fourth-order valence-electron chi connectivity index (χ4n) is 2.68. The Bertz CT molecular complexity index is 700. The van der Waals surface area contributed by atoms with Gasteiger partial charge in [0.05, 0.1) is 35.1 Å². The van der Waals surface area contributed by atoms with Crippen molar-refractivity contribution in [2.24, 2.45) is 0 Å². The first kappa shape index (κ1) is 12.4. The van der Waals surface area contributed by atoms with Crippen molar-refractivity contribution in [2.45, 2.75) is 31.9 Å². The van der Waals surface area contributed by atoms with Crippen molar-refractivity contribution < 1.29 is 9.13 Å². The molecule has 1 fully saturated rings. The van der Waals surface area contributed by atoms with E-state index >= 15 is 0 Å². The van der Waals surface area contributed by atoms with Crippen LogP contribution in [0.15, 0.2) is 12.1 Å². The molecule has 0 bridgehead atoms. The lowest BCUT2D eigenvalue weighted by atomic mass is 10.0. The van der Waals surface area contributed by atoms with Crippen LogP contribution in [0, 0.1) is 5.82 Å². The Kier molecular flexibility index (Phi) is 2.82. The van der Waals surface area contributed by atoms with E-state index in [1.165, 1.54) is 12.1 Å². The summed E-state index contributed by atoms with van der Waals surface area (Å²) in [5, 5.41) is 4.62. The Hall–Kier alpha value is -1.39. The number of ether oxygens (including phenoxy) is 1. The minimum absolute atomic E-state index is 0.333. The highest BCUT2D eigenvalue weighted by atomic mass is 35.5. The second kappa shape index (κ2) is 4.57. The van der Waals surface area contributed by atoms with E-state index in [4.69, 9.17) is 16.3 Å². The molecule has 0 radical (unpaired) electrons. The topological polar surface area (TPSA) is 34.2 Å².